The summed E-state index contributed by atoms with van der Waals surface area (Å²) in [5.41, 5.74) is 1.35. The van der Waals surface area contributed by atoms with E-state index in [1.807, 2.05) is 0 Å². The van der Waals surface area contributed by atoms with Crippen molar-refractivity contribution < 1.29 is 13.6 Å². The van der Waals surface area contributed by atoms with Crippen LogP contribution < -0.4 is 10.6 Å². The van der Waals surface area contributed by atoms with Gasteiger partial charge < -0.3 is 10.6 Å². The first-order valence-electron chi connectivity index (χ1n) is 7.98. The summed E-state index contributed by atoms with van der Waals surface area (Å²) >= 11 is 0. The highest BCUT2D eigenvalue weighted by molar-refractivity contribution is 5.92. The molecule has 3 rings (SSSR count). The number of rotatable bonds is 6. The first-order valence-corrected chi connectivity index (χ1v) is 7.98. The van der Waals surface area contributed by atoms with Crippen LogP contribution in [-0.4, -0.2) is 22.4 Å². The molecule has 132 valence electrons. The van der Waals surface area contributed by atoms with Crippen molar-refractivity contribution in [3.63, 3.8) is 0 Å². The summed E-state index contributed by atoms with van der Waals surface area (Å²) in [5, 5.41) is 5.63. The number of anilines is 2. The van der Waals surface area contributed by atoms with E-state index in [0.29, 0.717) is 23.5 Å². The maximum absolute atomic E-state index is 13.5. The molecule has 0 bridgehead atoms. The van der Waals surface area contributed by atoms with Gasteiger partial charge in [0.2, 0.25) is 0 Å². The van der Waals surface area contributed by atoms with Gasteiger partial charge >= 0.3 is 0 Å². The van der Waals surface area contributed by atoms with Gasteiger partial charge in [0.15, 0.2) is 0 Å². The number of aromatic nitrogens is 2. The predicted octanol–water partition coefficient (Wildman–Crippen LogP) is 3.47. The molecule has 0 atom stereocenters. The van der Waals surface area contributed by atoms with E-state index in [0.717, 1.165) is 0 Å². The summed E-state index contributed by atoms with van der Waals surface area (Å²) < 4.78 is 26.4. The van der Waals surface area contributed by atoms with Crippen molar-refractivity contribution in [3.05, 3.63) is 83.8 Å². The van der Waals surface area contributed by atoms with Crippen LogP contribution in [0.1, 0.15) is 16.1 Å². The van der Waals surface area contributed by atoms with Crippen LogP contribution in [0.15, 0.2) is 60.9 Å². The van der Waals surface area contributed by atoms with Crippen molar-refractivity contribution >= 4 is 17.4 Å². The molecule has 0 saturated heterocycles. The molecule has 0 spiro atoms. The molecular weight excluding hydrogens is 338 g/mol. The van der Waals surface area contributed by atoms with Crippen LogP contribution in [0, 0.1) is 11.6 Å². The fourth-order valence-electron chi connectivity index (χ4n) is 2.29. The molecule has 5 nitrogen and oxygen atoms in total. The number of benzene rings is 2. The van der Waals surface area contributed by atoms with Crippen LogP contribution in [-0.2, 0) is 6.42 Å². The number of carbonyl (C=O) groups excluding carboxylic acids is 1. The molecular formula is C19H16F2N4O. The van der Waals surface area contributed by atoms with Crippen LogP contribution in [0.3, 0.4) is 0 Å². The van der Waals surface area contributed by atoms with Crippen LogP contribution in [0.2, 0.25) is 0 Å². The second-order valence-corrected chi connectivity index (χ2v) is 5.52. The lowest BCUT2D eigenvalue weighted by Gasteiger charge is -2.07. The van der Waals surface area contributed by atoms with Crippen LogP contribution in [0.25, 0.3) is 0 Å². The zero-order valence-corrected chi connectivity index (χ0v) is 13.7. The topological polar surface area (TPSA) is 66.9 Å². The molecule has 26 heavy (non-hydrogen) atoms. The standard InChI is InChI=1S/C19H16F2N4O/c20-14-5-7-15(8-6-14)25-18-12-23-17(11-24-18)19(26)22-10-9-13-3-1-2-4-16(13)21/h1-8,11-12H,9-10H2,(H,22,26)(H,24,25). The van der Waals surface area contributed by atoms with E-state index >= 15 is 0 Å². The van der Waals surface area contributed by atoms with Crippen molar-refractivity contribution in [2.45, 2.75) is 6.42 Å². The average Bonchev–Trinajstić information content (AvgIpc) is 2.66. The predicted molar refractivity (Wildman–Crippen MR) is 94.2 cm³/mol. The lowest BCUT2D eigenvalue weighted by atomic mass is 10.1. The van der Waals surface area contributed by atoms with Gasteiger partial charge in [0.1, 0.15) is 23.1 Å². The summed E-state index contributed by atoms with van der Waals surface area (Å²) in [5.74, 6) is -0.580. The molecule has 3 aromatic rings. The number of hydrogen-bond acceptors (Lipinski definition) is 4. The molecule has 1 aromatic heterocycles. The fourth-order valence-corrected chi connectivity index (χ4v) is 2.29. The van der Waals surface area contributed by atoms with E-state index in [-0.39, 0.29) is 29.8 Å². The molecule has 0 fully saturated rings. The van der Waals surface area contributed by atoms with E-state index in [1.54, 1.807) is 30.3 Å². The van der Waals surface area contributed by atoms with Gasteiger partial charge in [-0.1, -0.05) is 18.2 Å². The van der Waals surface area contributed by atoms with Gasteiger partial charge in [0.05, 0.1) is 12.4 Å². The van der Waals surface area contributed by atoms with Gasteiger partial charge in [0, 0.05) is 12.2 Å². The first-order chi connectivity index (χ1) is 12.6. The Balaban J connectivity index is 1.53. The highest BCUT2D eigenvalue weighted by Crippen LogP contribution is 2.14. The Hall–Kier alpha value is -3.35. The Morgan fingerprint density at radius 1 is 0.962 bits per heavy atom. The van der Waals surface area contributed by atoms with E-state index in [2.05, 4.69) is 20.6 Å². The molecule has 1 amide bonds. The van der Waals surface area contributed by atoms with E-state index in [4.69, 9.17) is 0 Å². The van der Waals surface area contributed by atoms with Gasteiger partial charge in [0.25, 0.3) is 5.91 Å². The molecule has 2 N–H and O–H groups in total. The third-order valence-electron chi connectivity index (χ3n) is 3.64. The normalized spacial score (nSPS) is 10.4. The zero-order chi connectivity index (χ0) is 18.4. The Labute approximate surface area is 149 Å². The number of halogens is 2. The monoisotopic (exact) mass is 354 g/mol. The third kappa shape index (κ3) is 4.60. The molecule has 2 aromatic carbocycles. The third-order valence-corrected chi connectivity index (χ3v) is 3.64. The molecule has 7 heteroatoms. The Morgan fingerprint density at radius 3 is 2.42 bits per heavy atom. The minimum absolute atomic E-state index is 0.156. The van der Waals surface area contributed by atoms with Crippen molar-refractivity contribution in [3.8, 4) is 0 Å². The SMILES string of the molecule is O=C(NCCc1ccccc1F)c1cnc(Nc2ccc(F)cc2)cn1. The quantitative estimate of drug-likeness (QED) is 0.711. The Bertz CT molecular complexity index is 883. The minimum Gasteiger partial charge on any atom is -0.350 e. The van der Waals surface area contributed by atoms with Crippen LogP contribution in [0.4, 0.5) is 20.3 Å². The minimum atomic E-state index is -0.387. The molecule has 0 unspecified atom stereocenters. The molecule has 0 aliphatic heterocycles. The maximum atomic E-state index is 13.5. The van der Waals surface area contributed by atoms with Gasteiger partial charge in [-0.2, -0.15) is 0 Å². The zero-order valence-electron chi connectivity index (χ0n) is 13.7. The summed E-state index contributed by atoms with van der Waals surface area (Å²) in [6, 6.07) is 12.2. The van der Waals surface area contributed by atoms with Gasteiger partial charge in [-0.15, -0.1) is 0 Å². The van der Waals surface area contributed by atoms with Crippen molar-refractivity contribution in [2.75, 3.05) is 11.9 Å². The second-order valence-electron chi connectivity index (χ2n) is 5.52. The summed E-state index contributed by atoms with van der Waals surface area (Å²) in [6.45, 7) is 0.289. The fraction of sp³-hybridized carbons (Fsp3) is 0.105. The average molecular weight is 354 g/mol. The van der Waals surface area contributed by atoms with Crippen LogP contribution in [0.5, 0.6) is 0 Å². The summed E-state index contributed by atoms with van der Waals surface area (Å²) in [7, 11) is 0. The van der Waals surface area contributed by atoms with E-state index in [9.17, 15) is 13.6 Å². The maximum Gasteiger partial charge on any atom is 0.271 e. The summed E-state index contributed by atoms with van der Waals surface area (Å²) in [4.78, 5) is 20.2. The van der Waals surface area contributed by atoms with Gasteiger partial charge in [-0.3, -0.25) is 4.79 Å². The lowest BCUT2D eigenvalue weighted by Crippen LogP contribution is -2.26. The number of hydrogen-bond donors (Lipinski definition) is 2. The molecule has 0 aliphatic carbocycles. The molecule has 1 heterocycles. The highest BCUT2D eigenvalue weighted by atomic mass is 19.1. The highest BCUT2D eigenvalue weighted by Gasteiger charge is 2.08. The Kier molecular flexibility index (Phi) is 5.48. The molecule has 0 saturated carbocycles. The van der Waals surface area contributed by atoms with E-state index in [1.165, 1.54) is 30.6 Å². The van der Waals surface area contributed by atoms with Crippen molar-refractivity contribution in [2.24, 2.45) is 0 Å². The van der Waals surface area contributed by atoms with Gasteiger partial charge in [-0.25, -0.2) is 18.7 Å². The largest absolute Gasteiger partial charge is 0.350 e. The van der Waals surface area contributed by atoms with Crippen LogP contribution >= 0.6 is 0 Å². The number of nitrogens with zero attached hydrogens (tertiary/aromatic N) is 2. The number of nitrogens with one attached hydrogen (secondary N) is 2. The lowest BCUT2D eigenvalue weighted by molar-refractivity contribution is 0.0948. The second kappa shape index (κ2) is 8.15. The Morgan fingerprint density at radius 2 is 1.73 bits per heavy atom. The first kappa shape index (κ1) is 17.5. The summed E-state index contributed by atoms with van der Waals surface area (Å²) in [6.07, 6.45) is 3.13. The molecule has 0 radical (unpaired) electrons. The molecule has 0 aliphatic rings. The smallest absolute Gasteiger partial charge is 0.271 e. The van der Waals surface area contributed by atoms with Crippen molar-refractivity contribution in [1.29, 1.82) is 0 Å². The van der Waals surface area contributed by atoms with E-state index < -0.39 is 0 Å². The van der Waals surface area contributed by atoms with Gasteiger partial charge in [-0.05, 0) is 42.3 Å². The van der Waals surface area contributed by atoms with Crippen molar-refractivity contribution in [1.82, 2.24) is 15.3 Å². The number of carbonyl (C=O) groups is 1. The number of amides is 1.